The number of ether oxygens (including phenoxy) is 3. The van der Waals surface area contributed by atoms with Gasteiger partial charge in [0.2, 0.25) is 0 Å². The standard InChI is InChI=1S/C72H128O6/c1-4-7-10-13-16-19-22-24-26-28-30-32-34-35-36-37-39-40-42-44-46-48-50-53-56-59-62-65-71(74)77-68-69(67-76-70(73)64-61-58-55-52-21-18-15-12-9-6-3)78-72(75)66-63-60-57-54-51-49-47-45-43-41-38-33-31-29-27-25-23-20-17-14-11-8-5-2/h12,15,22-25,28-31,38,41,69H,4-11,13-14,16-21,26-27,32-37,39-40,42-68H2,1-3H3/b15-12-,24-22-,25-23-,30-28-,31-29-,41-38-. The Balaban J connectivity index is 4.21. The van der Waals surface area contributed by atoms with E-state index in [1.807, 2.05) is 0 Å². The fraction of sp³-hybridized carbons (Fsp3) is 0.792. The third-order valence-electron chi connectivity index (χ3n) is 14.9. The van der Waals surface area contributed by atoms with Gasteiger partial charge in [-0.15, -0.1) is 0 Å². The second-order valence-electron chi connectivity index (χ2n) is 22.7. The minimum Gasteiger partial charge on any atom is -0.462 e. The largest absolute Gasteiger partial charge is 0.462 e. The van der Waals surface area contributed by atoms with E-state index in [1.165, 1.54) is 212 Å². The third-order valence-corrected chi connectivity index (χ3v) is 14.9. The van der Waals surface area contributed by atoms with Crippen LogP contribution >= 0.6 is 0 Å². The Labute approximate surface area is 484 Å². The maximum Gasteiger partial charge on any atom is 0.306 e. The van der Waals surface area contributed by atoms with Crippen LogP contribution in [0.1, 0.15) is 348 Å². The molecule has 0 amide bonds. The van der Waals surface area contributed by atoms with Gasteiger partial charge in [-0.1, -0.05) is 293 Å². The van der Waals surface area contributed by atoms with Crippen LogP contribution in [0, 0.1) is 0 Å². The molecule has 0 saturated heterocycles. The van der Waals surface area contributed by atoms with Crippen LogP contribution in [-0.4, -0.2) is 37.2 Å². The molecular weight excluding hydrogens is 961 g/mol. The summed E-state index contributed by atoms with van der Waals surface area (Å²) in [7, 11) is 0. The fourth-order valence-corrected chi connectivity index (χ4v) is 9.78. The molecule has 0 spiro atoms. The average Bonchev–Trinajstić information content (AvgIpc) is 3.44. The van der Waals surface area contributed by atoms with Crippen molar-refractivity contribution in [1.29, 1.82) is 0 Å². The minimum atomic E-state index is -0.783. The van der Waals surface area contributed by atoms with E-state index in [-0.39, 0.29) is 31.1 Å². The number of unbranched alkanes of at least 4 members (excludes halogenated alkanes) is 39. The molecule has 0 aromatic carbocycles. The number of hydrogen-bond donors (Lipinski definition) is 0. The first-order valence-corrected chi connectivity index (χ1v) is 33.9. The quantitative estimate of drug-likeness (QED) is 0.0261. The molecule has 0 aliphatic rings. The average molecular weight is 1090 g/mol. The van der Waals surface area contributed by atoms with Crippen molar-refractivity contribution in [3.63, 3.8) is 0 Å². The first-order valence-electron chi connectivity index (χ1n) is 33.9. The summed E-state index contributed by atoms with van der Waals surface area (Å²) < 4.78 is 16.9. The molecule has 0 aliphatic carbocycles. The van der Waals surface area contributed by atoms with Gasteiger partial charge in [0.05, 0.1) is 0 Å². The molecule has 6 nitrogen and oxygen atoms in total. The molecular formula is C72H128O6. The third kappa shape index (κ3) is 63.7. The molecule has 6 heteroatoms. The lowest BCUT2D eigenvalue weighted by Crippen LogP contribution is -2.30. The van der Waals surface area contributed by atoms with Crippen LogP contribution in [0.2, 0.25) is 0 Å². The summed E-state index contributed by atoms with van der Waals surface area (Å²) in [4.78, 5) is 38.3. The molecule has 0 saturated carbocycles. The number of hydrogen-bond acceptors (Lipinski definition) is 6. The van der Waals surface area contributed by atoms with E-state index in [9.17, 15) is 14.4 Å². The highest BCUT2D eigenvalue weighted by Crippen LogP contribution is 2.17. The molecule has 0 aliphatic heterocycles. The van der Waals surface area contributed by atoms with Crippen molar-refractivity contribution < 1.29 is 28.6 Å². The van der Waals surface area contributed by atoms with Gasteiger partial charge in [0.15, 0.2) is 6.10 Å². The zero-order valence-corrected chi connectivity index (χ0v) is 51.9. The van der Waals surface area contributed by atoms with Crippen LogP contribution in [0.4, 0.5) is 0 Å². The zero-order chi connectivity index (χ0) is 56.4. The predicted molar refractivity (Wildman–Crippen MR) is 339 cm³/mol. The number of rotatable bonds is 62. The highest BCUT2D eigenvalue weighted by molar-refractivity contribution is 5.71. The summed E-state index contributed by atoms with van der Waals surface area (Å²) in [5, 5.41) is 0. The first kappa shape index (κ1) is 74.8. The van der Waals surface area contributed by atoms with Crippen LogP contribution in [0.15, 0.2) is 72.9 Å². The van der Waals surface area contributed by atoms with E-state index < -0.39 is 6.10 Å². The zero-order valence-electron chi connectivity index (χ0n) is 51.9. The van der Waals surface area contributed by atoms with Gasteiger partial charge in [0, 0.05) is 19.3 Å². The lowest BCUT2D eigenvalue weighted by Gasteiger charge is -2.18. The van der Waals surface area contributed by atoms with Gasteiger partial charge in [0.1, 0.15) is 13.2 Å². The summed E-state index contributed by atoms with van der Waals surface area (Å²) in [6.45, 7) is 6.58. The minimum absolute atomic E-state index is 0.0791. The highest BCUT2D eigenvalue weighted by atomic mass is 16.6. The van der Waals surface area contributed by atoms with E-state index in [1.54, 1.807) is 0 Å². The Hall–Kier alpha value is -3.15. The monoisotopic (exact) mass is 1090 g/mol. The smallest absolute Gasteiger partial charge is 0.306 e. The van der Waals surface area contributed by atoms with Gasteiger partial charge in [0.25, 0.3) is 0 Å². The van der Waals surface area contributed by atoms with Gasteiger partial charge in [-0.05, 0) is 109 Å². The molecule has 452 valence electrons. The van der Waals surface area contributed by atoms with Gasteiger partial charge >= 0.3 is 17.9 Å². The molecule has 0 fully saturated rings. The van der Waals surface area contributed by atoms with Crippen LogP contribution in [-0.2, 0) is 28.6 Å². The Morgan fingerprint density at radius 3 is 0.782 bits per heavy atom. The lowest BCUT2D eigenvalue weighted by molar-refractivity contribution is -0.167. The molecule has 0 N–H and O–H groups in total. The van der Waals surface area contributed by atoms with E-state index >= 15 is 0 Å². The van der Waals surface area contributed by atoms with Crippen molar-refractivity contribution in [2.45, 2.75) is 354 Å². The van der Waals surface area contributed by atoms with Crippen molar-refractivity contribution in [3.8, 4) is 0 Å². The van der Waals surface area contributed by atoms with Crippen molar-refractivity contribution in [1.82, 2.24) is 0 Å². The van der Waals surface area contributed by atoms with E-state index in [0.717, 1.165) is 96.3 Å². The van der Waals surface area contributed by atoms with Crippen LogP contribution in [0.25, 0.3) is 0 Å². The summed E-state index contributed by atoms with van der Waals surface area (Å²) >= 11 is 0. The van der Waals surface area contributed by atoms with Gasteiger partial charge in [-0.2, -0.15) is 0 Å². The SMILES string of the molecule is CCC/C=C\CCCCCCCC(=O)OCC(COC(=O)CCCCCCCCCCCCCCCCC/C=C\C/C=C\CCCCCCC)OC(=O)CCCCCCCCCC/C=C\C/C=C\C/C=C\CCCCCCC. The lowest BCUT2D eigenvalue weighted by atomic mass is 10.0. The summed E-state index contributed by atoms with van der Waals surface area (Å²) in [5.41, 5.74) is 0. The number of carbonyl (C=O) groups is 3. The molecule has 0 heterocycles. The van der Waals surface area contributed by atoms with Crippen molar-refractivity contribution >= 4 is 17.9 Å². The van der Waals surface area contributed by atoms with E-state index in [0.29, 0.717) is 19.3 Å². The Kier molecular flexibility index (Phi) is 63.7. The van der Waals surface area contributed by atoms with Crippen LogP contribution < -0.4 is 0 Å². The maximum atomic E-state index is 12.9. The Morgan fingerprint density at radius 1 is 0.256 bits per heavy atom. The number of esters is 3. The summed E-state index contributed by atoms with van der Waals surface area (Å²) in [5.74, 6) is -0.883. The second-order valence-corrected chi connectivity index (χ2v) is 22.7. The molecule has 0 aromatic heterocycles. The van der Waals surface area contributed by atoms with Gasteiger partial charge in [-0.25, -0.2) is 0 Å². The predicted octanol–water partition coefficient (Wildman–Crippen LogP) is 23.3. The van der Waals surface area contributed by atoms with Crippen LogP contribution in [0.5, 0.6) is 0 Å². The molecule has 0 aromatic rings. The Morgan fingerprint density at radius 2 is 0.487 bits per heavy atom. The Bertz CT molecular complexity index is 1440. The molecule has 1 atom stereocenters. The van der Waals surface area contributed by atoms with E-state index in [2.05, 4.69) is 93.7 Å². The topological polar surface area (TPSA) is 78.9 Å². The first-order chi connectivity index (χ1) is 38.5. The van der Waals surface area contributed by atoms with Gasteiger partial charge in [-0.3, -0.25) is 14.4 Å². The van der Waals surface area contributed by atoms with Crippen molar-refractivity contribution in [2.75, 3.05) is 13.2 Å². The molecule has 0 bridgehead atoms. The highest BCUT2D eigenvalue weighted by Gasteiger charge is 2.19. The van der Waals surface area contributed by atoms with Crippen molar-refractivity contribution in [3.05, 3.63) is 72.9 Å². The summed E-state index contributed by atoms with van der Waals surface area (Å²) in [6, 6.07) is 0. The summed E-state index contributed by atoms with van der Waals surface area (Å²) in [6.07, 6.45) is 86.4. The number of carbonyl (C=O) groups excluding carboxylic acids is 3. The molecule has 0 radical (unpaired) electrons. The fourth-order valence-electron chi connectivity index (χ4n) is 9.78. The normalized spacial score (nSPS) is 12.5. The van der Waals surface area contributed by atoms with Gasteiger partial charge < -0.3 is 14.2 Å². The van der Waals surface area contributed by atoms with Crippen molar-refractivity contribution in [2.24, 2.45) is 0 Å². The molecule has 0 rings (SSSR count). The van der Waals surface area contributed by atoms with E-state index in [4.69, 9.17) is 14.2 Å². The molecule has 78 heavy (non-hydrogen) atoms. The molecule has 1 unspecified atom stereocenters. The number of allylic oxidation sites excluding steroid dienone is 12. The second kappa shape index (κ2) is 66.4. The van der Waals surface area contributed by atoms with Crippen LogP contribution in [0.3, 0.4) is 0 Å². The maximum absolute atomic E-state index is 12.9.